The van der Waals surface area contributed by atoms with Gasteiger partial charge in [-0.2, -0.15) is 5.10 Å². The van der Waals surface area contributed by atoms with Gasteiger partial charge in [0.1, 0.15) is 6.33 Å². The highest BCUT2D eigenvalue weighted by molar-refractivity contribution is 4.70. The van der Waals surface area contributed by atoms with E-state index >= 15 is 0 Å². The molecular formula is C8H16N4O. The summed E-state index contributed by atoms with van der Waals surface area (Å²) in [5.74, 6) is 0.355. The van der Waals surface area contributed by atoms with Crippen molar-refractivity contribution < 1.29 is 0 Å². The first-order valence-electron chi connectivity index (χ1n) is 4.36. The predicted octanol–water partition coefficient (Wildman–Crippen LogP) is -0.435. The van der Waals surface area contributed by atoms with E-state index in [1.807, 2.05) is 13.8 Å². The van der Waals surface area contributed by atoms with Gasteiger partial charge in [-0.3, -0.25) is 4.57 Å². The molecule has 0 saturated heterocycles. The molecule has 0 bridgehead atoms. The molecule has 1 unspecified atom stereocenters. The van der Waals surface area contributed by atoms with Crippen molar-refractivity contribution in [2.24, 2.45) is 18.7 Å². The molecule has 0 aliphatic rings. The number of rotatable bonds is 3. The smallest absolute Gasteiger partial charge is 0.326 e. The van der Waals surface area contributed by atoms with Crippen molar-refractivity contribution in [1.29, 1.82) is 0 Å². The molecule has 1 aromatic rings. The van der Waals surface area contributed by atoms with Crippen molar-refractivity contribution in [3.8, 4) is 0 Å². The number of hydrogen-bond donors (Lipinski definition) is 1. The summed E-state index contributed by atoms with van der Waals surface area (Å²) in [7, 11) is 1.67. The van der Waals surface area contributed by atoms with Crippen LogP contribution < -0.4 is 11.4 Å². The van der Waals surface area contributed by atoms with Crippen molar-refractivity contribution in [3.05, 3.63) is 16.8 Å². The Labute approximate surface area is 77.2 Å². The van der Waals surface area contributed by atoms with Crippen LogP contribution in [0.1, 0.15) is 13.8 Å². The quantitative estimate of drug-likeness (QED) is 0.693. The highest BCUT2D eigenvalue weighted by Crippen LogP contribution is 1.98. The second-order valence-corrected chi connectivity index (χ2v) is 3.61. The van der Waals surface area contributed by atoms with Crippen LogP contribution in [0.4, 0.5) is 0 Å². The summed E-state index contributed by atoms with van der Waals surface area (Å²) in [6.45, 7) is 4.54. The zero-order valence-corrected chi connectivity index (χ0v) is 8.27. The Kier molecular flexibility index (Phi) is 2.87. The predicted molar refractivity (Wildman–Crippen MR) is 50.3 cm³/mol. The Morgan fingerprint density at radius 1 is 1.62 bits per heavy atom. The van der Waals surface area contributed by atoms with E-state index in [1.165, 1.54) is 15.6 Å². The Bertz CT molecular complexity index is 325. The van der Waals surface area contributed by atoms with Gasteiger partial charge in [0.2, 0.25) is 0 Å². The molecule has 0 aromatic carbocycles. The van der Waals surface area contributed by atoms with Crippen LogP contribution in [0, 0.1) is 5.92 Å². The third-order valence-electron chi connectivity index (χ3n) is 2.13. The van der Waals surface area contributed by atoms with Crippen LogP contribution in [-0.4, -0.2) is 20.4 Å². The normalized spacial score (nSPS) is 13.6. The number of nitrogens with two attached hydrogens (primary N) is 1. The lowest BCUT2D eigenvalue weighted by atomic mass is 10.1. The van der Waals surface area contributed by atoms with Crippen molar-refractivity contribution in [1.82, 2.24) is 14.3 Å². The molecule has 1 atom stereocenters. The lowest BCUT2D eigenvalue weighted by molar-refractivity contribution is 0.405. The Hall–Kier alpha value is -1.10. The molecule has 2 N–H and O–H groups in total. The fraction of sp³-hybridized carbons (Fsp3) is 0.750. The topological polar surface area (TPSA) is 65.8 Å². The first kappa shape index (κ1) is 9.98. The van der Waals surface area contributed by atoms with Gasteiger partial charge in [-0.05, 0) is 5.92 Å². The van der Waals surface area contributed by atoms with Crippen molar-refractivity contribution in [2.75, 3.05) is 0 Å². The average molecular weight is 184 g/mol. The summed E-state index contributed by atoms with van der Waals surface area (Å²) in [6.07, 6.45) is 1.50. The highest BCUT2D eigenvalue weighted by Gasteiger charge is 2.10. The lowest BCUT2D eigenvalue weighted by Crippen LogP contribution is -2.36. The molecule has 5 heteroatoms. The Morgan fingerprint density at radius 2 is 2.23 bits per heavy atom. The second kappa shape index (κ2) is 3.74. The van der Waals surface area contributed by atoms with Gasteiger partial charge in [-0.25, -0.2) is 9.48 Å². The minimum absolute atomic E-state index is 0.0207. The summed E-state index contributed by atoms with van der Waals surface area (Å²) < 4.78 is 2.83. The summed E-state index contributed by atoms with van der Waals surface area (Å²) >= 11 is 0. The van der Waals surface area contributed by atoms with E-state index in [2.05, 4.69) is 5.10 Å². The van der Waals surface area contributed by atoms with E-state index in [-0.39, 0.29) is 11.7 Å². The van der Waals surface area contributed by atoms with Crippen LogP contribution in [0.2, 0.25) is 0 Å². The molecule has 0 saturated carbocycles. The van der Waals surface area contributed by atoms with E-state index in [0.717, 1.165) is 0 Å². The van der Waals surface area contributed by atoms with Crippen molar-refractivity contribution in [3.63, 3.8) is 0 Å². The minimum atomic E-state index is -0.115. The lowest BCUT2D eigenvalue weighted by Gasteiger charge is -2.14. The maximum absolute atomic E-state index is 11.3. The zero-order valence-electron chi connectivity index (χ0n) is 8.27. The highest BCUT2D eigenvalue weighted by atomic mass is 16.2. The van der Waals surface area contributed by atoms with Gasteiger partial charge in [0, 0.05) is 13.1 Å². The van der Waals surface area contributed by atoms with Gasteiger partial charge in [0.05, 0.1) is 6.54 Å². The molecule has 1 rings (SSSR count). The molecule has 0 spiro atoms. The summed E-state index contributed by atoms with van der Waals surface area (Å²) in [4.78, 5) is 11.3. The fourth-order valence-electron chi connectivity index (χ4n) is 0.956. The summed E-state index contributed by atoms with van der Waals surface area (Å²) in [6, 6.07) is -0.0207. The molecule has 74 valence electrons. The molecule has 5 nitrogen and oxygen atoms in total. The zero-order chi connectivity index (χ0) is 10.0. The van der Waals surface area contributed by atoms with E-state index in [0.29, 0.717) is 12.5 Å². The van der Waals surface area contributed by atoms with Crippen LogP contribution in [-0.2, 0) is 13.6 Å². The molecule has 0 fully saturated rings. The standard InChI is InChI=1S/C8H16N4O/c1-6(2)7(9)4-12-8(13)11(3)5-10-12/h5-7H,4,9H2,1-3H3. The van der Waals surface area contributed by atoms with E-state index < -0.39 is 0 Å². The number of aromatic nitrogens is 3. The molecule has 1 heterocycles. The van der Waals surface area contributed by atoms with Gasteiger partial charge >= 0.3 is 5.69 Å². The number of nitrogens with zero attached hydrogens (tertiary/aromatic N) is 3. The van der Waals surface area contributed by atoms with E-state index in [9.17, 15) is 4.79 Å². The Balaban J connectivity index is 2.75. The maximum Gasteiger partial charge on any atom is 0.345 e. The number of aryl methyl sites for hydroxylation is 1. The monoisotopic (exact) mass is 184 g/mol. The average Bonchev–Trinajstić information content (AvgIpc) is 2.36. The van der Waals surface area contributed by atoms with Crippen molar-refractivity contribution in [2.45, 2.75) is 26.4 Å². The van der Waals surface area contributed by atoms with Crippen molar-refractivity contribution >= 4 is 0 Å². The molecule has 0 amide bonds. The largest absolute Gasteiger partial charge is 0.345 e. The van der Waals surface area contributed by atoms with Crippen LogP contribution in [0.5, 0.6) is 0 Å². The van der Waals surface area contributed by atoms with Gasteiger partial charge in [-0.15, -0.1) is 0 Å². The molecule has 0 aliphatic carbocycles. The third-order valence-corrected chi connectivity index (χ3v) is 2.13. The summed E-state index contributed by atoms with van der Waals surface area (Å²) in [5.41, 5.74) is 5.70. The summed E-state index contributed by atoms with van der Waals surface area (Å²) in [5, 5.41) is 3.92. The number of hydrogen-bond acceptors (Lipinski definition) is 3. The van der Waals surface area contributed by atoms with Gasteiger partial charge < -0.3 is 5.73 Å². The van der Waals surface area contributed by atoms with Gasteiger partial charge in [0.25, 0.3) is 0 Å². The molecule has 0 aliphatic heterocycles. The Morgan fingerprint density at radius 3 is 2.62 bits per heavy atom. The molecule has 13 heavy (non-hydrogen) atoms. The SMILES string of the molecule is CC(C)C(N)Cn1ncn(C)c1=O. The van der Waals surface area contributed by atoms with Crippen LogP contribution in [0.25, 0.3) is 0 Å². The van der Waals surface area contributed by atoms with Crippen LogP contribution in [0.3, 0.4) is 0 Å². The van der Waals surface area contributed by atoms with Crippen LogP contribution in [0.15, 0.2) is 11.1 Å². The van der Waals surface area contributed by atoms with E-state index in [4.69, 9.17) is 5.73 Å². The van der Waals surface area contributed by atoms with Crippen LogP contribution >= 0.6 is 0 Å². The minimum Gasteiger partial charge on any atom is -0.326 e. The molecular weight excluding hydrogens is 168 g/mol. The second-order valence-electron chi connectivity index (χ2n) is 3.61. The third kappa shape index (κ3) is 2.18. The molecule has 1 aromatic heterocycles. The first-order chi connectivity index (χ1) is 6.02. The molecule has 0 radical (unpaired) electrons. The fourth-order valence-corrected chi connectivity index (χ4v) is 0.956. The maximum atomic E-state index is 11.3. The van der Waals surface area contributed by atoms with E-state index in [1.54, 1.807) is 7.05 Å². The van der Waals surface area contributed by atoms with Gasteiger partial charge in [-0.1, -0.05) is 13.8 Å². The van der Waals surface area contributed by atoms with Gasteiger partial charge in [0.15, 0.2) is 0 Å². The first-order valence-corrected chi connectivity index (χ1v) is 4.36.